The van der Waals surface area contributed by atoms with E-state index in [1.807, 2.05) is 12.1 Å². The Bertz CT molecular complexity index is 362. The fourth-order valence-corrected chi connectivity index (χ4v) is 2.15. The van der Waals surface area contributed by atoms with Crippen molar-refractivity contribution in [1.29, 1.82) is 0 Å². The van der Waals surface area contributed by atoms with Gasteiger partial charge in [0, 0.05) is 0 Å². The Kier molecular flexibility index (Phi) is 5.86. The summed E-state index contributed by atoms with van der Waals surface area (Å²) in [6.07, 6.45) is 1.05. The second-order valence-electron chi connectivity index (χ2n) is 6.99. The zero-order valence-corrected chi connectivity index (χ0v) is 13.0. The lowest BCUT2D eigenvalue weighted by atomic mass is 9.77. The fraction of sp³-hybridized carbons (Fsp3) is 0.647. The van der Waals surface area contributed by atoms with E-state index in [-0.39, 0.29) is 5.41 Å². The molecule has 2 N–H and O–H groups in total. The molecule has 1 atom stereocenters. The first-order chi connectivity index (χ1) is 8.79. The van der Waals surface area contributed by atoms with Crippen molar-refractivity contribution < 1.29 is 5.11 Å². The molecule has 0 heterocycles. The van der Waals surface area contributed by atoms with Crippen molar-refractivity contribution in [3.05, 3.63) is 29.8 Å². The first-order valence-corrected chi connectivity index (χ1v) is 7.27. The summed E-state index contributed by atoms with van der Waals surface area (Å²) in [5.74, 6) is 1.62. The van der Waals surface area contributed by atoms with Gasteiger partial charge in [0.15, 0.2) is 0 Å². The maximum atomic E-state index is 9.34. The van der Waals surface area contributed by atoms with Crippen LogP contribution in [0.2, 0.25) is 0 Å². The maximum Gasteiger partial charge on any atom is 0.115 e. The van der Waals surface area contributed by atoms with E-state index in [9.17, 15) is 5.11 Å². The maximum absolute atomic E-state index is 9.34. The summed E-state index contributed by atoms with van der Waals surface area (Å²) >= 11 is 0. The molecule has 2 heteroatoms. The molecule has 0 spiro atoms. The van der Waals surface area contributed by atoms with Crippen molar-refractivity contribution in [3.8, 4) is 5.75 Å². The molecule has 1 unspecified atom stereocenters. The van der Waals surface area contributed by atoms with E-state index in [4.69, 9.17) is 0 Å². The molecule has 0 aliphatic rings. The largest absolute Gasteiger partial charge is 0.508 e. The van der Waals surface area contributed by atoms with E-state index in [2.05, 4.69) is 39.9 Å². The summed E-state index contributed by atoms with van der Waals surface area (Å²) in [5.41, 5.74) is 1.58. The minimum atomic E-state index is 0.280. The van der Waals surface area contributed by atoms with E-state index >= 15 is 0 Å². The molecule has 1 aromatic carbocycles. The number of phenolic OH excluding ortho intramolecular Hbond substituents is 1. The number of aromatic hydroxyl groups is 1. The molecule has 108 valence electrons. The Hall–Kier alpha value is -1.02. The normalized spacial score (nSPS) is 13.8. The second-order valence-corrected chi connectivity index (χ2v) is 6.99. The molecule has 0 aromatic heterocycles. The Morgan fingerprint density at radius 1 is 1.05 bits per heavy atom. The van der Waals surface area contributed by atoms with Gasteiger partial charge in [-0.25, -0.2) is 0 Å². The molecule has 0 saturated carbocycles. The number of phenols is 1. The first kappa shape index (κ1) is 16.0. The second kappa shape index (κ2) is 6.95. The third-order valence-electron chi connectivity index (χ3n) is 3.59. The van der Waals surface area contributed by atoms with Crippen LogP contribution in [0.15, 0.2) is 24.3 Å². The zero-order valence-electron chi connectivity index (χ0n) is 13.0. The predicted octanol–water partition coefficient (Wildman–Crippen LogP) is 3.84. The molecule has 0 saturated heterocycles. The van der Waals surface area contributed by atoms with Crippen LogP contribution < -0.4 is 5.32 Å². The molecule has 1 aromatic rings. The minimum absolute atomic E-state index is 0.280. The van der Waals surface area contributed by atoms with Crippen LogP contribution in [-0.4, -0.2) is 18.2 Å². The molecule has 0 amide bonds. The minimum Gasteiger partial charge on any atom is -0.508 e. The van der Waals surface area contributed by atoms with Gasteiger partial charge in [-0.15, -0.1) is 0 Å². The monoisotopic (exact) mass is 263 g/mol. The van der Waals surface area contributed by atoms with Crippen LogP contribution in [0.3, 0.4) is 0 Å². The average molecular weight is 263 g/mol. The SMILES string of the molecule is CC(C)CNCC(Cc1ccc(O)cc1)C(C)(C)C. The summed E-state index contributed by atoms with van der Waals surface area (Å²) in [5, 5.41) is 12.9. The van der Waals surface area contributed by atoms with Crippen LogP contribution in [0.1, 0.15) is 40.2 Å². The zero-order chi connectivity index (χ0) is 14.5. The van der Waals surface area contributed by atoms with Gasteiger partial charge in [0.1, 0.15) is 5.75 Å². The third-order valence-corrected chi connectivity index (χ3v) is 3.59. The molecular formula is C17H29NO. The average Bonchev–Trinajstić information content (AvgIpc) is 2.28. The van der Waals surface area contributed by atoms with Gasteiger partial charge < -0.3 is 10.4 Å². The van der Waals surface area contributed by atoms with Crippen LogP contribution in [-0.2, 0) is 6.42 Å². The smallest absolute Gasteiger partial charge is 0.115 e. The summed E-state index contributed by atoms with van der Waals surface area (Å²) in [6.45, 7) is 13.5. The summed E-state index contributed by atoms with van der Waals surface area (Å²) < 4.78 is 0. The molecule has 19 heavy (non-hydrogen) atoms. The lowest BCUT2D eigenvalue weighted by molar-refractivity contribution is 0.228. The number of nitrogens with one attached hydrogen (secondary N) is 1. The third kappa shape index (κ3) is 6.11. The van der Waals surface area contributed by atoms with E-state index < -0.39 is 0 Å². The molecule has 0 aliphatic heterocycles. The van der Waals surface area contributed by atoms with E-state index in [1.54, 1.807) is 12.1 Å². The molecule has 0 radical (unpaired) electrons. The van der Waals surface area contributed by atoms with Crippen molar-refractivity contribution in [1.82, 2.24) is 5.32 Å². The summed E-state index contributed by atoms with van der Waals surface area (Å²) in [6, 6.07) is 7.60. The van der Waals surface area contributed by atoms with Gasteiger partial charge in [-0.2, -0.15) is 0 Å². The molecular weight excluding hydrogens is 234 g/mol. The van der Waals surface area contributed by atoms with Crippen LogP contribution >= 0.6 is 0 Å². The van der Waals surface area contributed by atoms with Gasteiger partial charge >= 0.3 is 0 Å². The van der Waals surface area contributed by atoms with Crippen molar-refractivity contribution in [2.24, 2.45) is 17.3 Å². The van der Waals surface area contributed by atoms with Gasteiger partial charge in [0.05, 0.1) is 0 Å². The highest BCUT2D eigenvalue weighted by Gasteiger charge is 2.24. The van der Waals surface area contributed by atoms with E-state index in [0.29, 0.717) is 17.6 Å². The van der Waals surface area contributed by atoms with Gasteiger partial charge in [-0.3, -0.25) is 0 Å². The number of rotatable bonds is 6. The number of hydrogen-bond acceptors (Lipinski definition) is 2. The van der Waals surface area contributed by atoms with Crippen LogP contribution in [0.25, 0.3) is 0 Å². The van der Waals surface area contributed by atoms with E-state index in [1.165, 1.54) is 5.56 Å². The molecule has 0 bridgehead atoms. The van der Waals surface area contributed by atoms with Gasteiger partial charge in [-0.1, -0.05) is 46.8 Å². The lowest BCUT2D eigenvalue weighted by Gasteiger charge is -2.31. The van der Waals surface area contributed by atoms with Crippen LogP contribution in [0.4, 0.5) is 0 Å². The Morgan fingerprint density at radius 2 is 1.63 bits per heavy atom. The number of benzene rings is 1. The Balaban J connectivity index is 2.62. The molecule has 0 aliphatic carbocycles. The highest BCUT2D eigenvalue weighted by atomic mass is 16.3. The van der Waals surface area contributed by atoms with Crippen molar-refractivity contribution in [3.63, 3.8) is 0 Å². The molecule has 2 nitrogen and oxygen atoms in total. The first-order valence-electron chi connectivity index (χ1n) is 7.27. The van der Waals surface area contributed by atoms with Crippen molar-refractivity contribution in [2.45, 2.75) is 41.0 Å². The van der Waals surface area contributed by atoms with E-state index in [0.717, 1.165) is 19.5 Å². The van der Waals surface area contributed by atoms with Crippen molar-refractivity contribution >= 4 is 0 Å². The van der Waals surface area contributed by atoms with Gasteiger partial charge in [0.25, 0.3) is 0 Å². The highest BCUT2D eigenvalue weighted by Crippen LogP contribution is 2.29. The van der Waals surface area contributed by atoms with Gasteiger partial charge in [0.2, 0.25) is 0 Å². The predicted molar refractivity (Wildman–Crippen MR) is 82.5 cm³/mol. The topological polar surface area (TPSA) is 32.3 Å². The Morgan fingerprint density at radius 3 is 2.11 bits per heavy atom. The van der Waals surface area contributed by atoms with Crippen LogP contribution in [0, 0.1) is 17.3 Å². The summed E-state index contributed by atoms with van der Waals surface area (Å²) in [7, 11) is 0. The summed E-state index contributed by atoms with van der Waals surface area (Å²) in [4.78, 5) is 0. The number of hydrogen-bond donors (Lipinski definition) is 2. The lowest BCUT2D eigenvalue weighted by Crippen LogP contribution is -2.35. The molecule has 0 fully saturated rings. The Labute approximate surface area is 118 Å². The quantitative estimate of drug-likeness (QED) is 0.817. The highest BCUT2D eigenvalue weighted by molar-refractivity contribution is 5.26. The van der Waals surface area contributed by atoms with Crippen LogP contribution in [0.5, 0.6) is 5.75 Å². The van der Waals surface area contributed by atoms with Crippen molar-refractivity contribution in [2.75, 3.05) is 13.1 Å². The standard InChI is InChI=1S/C17H29NO/c1-13(2)11-18-12-15(17(3,4)5)10-14-6-8-16(19)9-7-14/h6-9,13,15,18-19H,10-12H2,1-5H3. The molecule has 1 rings (SSSR count). The fourth-order valence-electron chi connectivity index (χ4n) is 2.15. The van der Waals surface area contributed by atoms with Gasteiger partial charge in [-0.05, 0) is 54.5 Å².